The van der Waals surface area contributed by atoms with Gasteiger partial charge in [0.25, 0.3) is 5.24 Å². The average Bonchev–Trinajstić information content (AvgIpc) is 2.78. The Kier molecular flexibility index (Phi) is 5.65. The number of rotatable bonds is 7. The molecule has 1 aliphatic heterocycles. The van der Waals surface area contributed by atoms with Crippen molar-refractivity contribution < 1.29 is 19.5 Å². The molecular weight excluding hydrogens is 268 g/mol. The normalized spacial score (nSPS) is 18.2. The van der Waals surface area contributed by atoms with E-state index in [9.17, 15) is 14.4 Å². The molecule has 0 aliphatic carbocycles. The number of carbonyl (C=O) groups excluding carboxylic acids is 2. The van der Waals surface area contributed by atoms with E-state index in [0.29, 0.717) is 19.5 Å². The Morgan fingerprint density at radius 2 is 2.21 bits per heavy atom. The first-order chi connectivity index (χ1) is 8.89. The molecule has 7 heteroatoms. The van der Waals surface area contributed by atoms with Crippen molar-refractivity contribution >= 4 is 28.9 Å². The van der Waals surface area contributed by atoms with Crippen molar-refractivity contribution in [1.82, 2.24) is 10.2 Å². The van der Waals surface area contributed by atoms with Crippen molar-refractivity contribution in [2.75, 3.05) is 25.4 Å². The van der Waals surface area contributed by atoms with Crippen LogP contribution in [0.5, 0.6) is 0 Å². The number of nitrogens with one attached hydrogen (secondary N) is 1. The van der Waals surface area contributed by atoms with Gasteiger partial charge in [0.05, 0.1) is 5.41 Å². The molecule has 19 heavy (non-hydrogen) atoms. The number of carbonyl (C=O) groups is 3. The second kappa shape index (κ2) is 6.79. The molecule has 1 saturated heterocycles. The largest absolute Gasteiger partial charge is 0.481 e. The summed E-state index contributed by atoms with van der Waals surface area (Å²) in [5.41, 5.74) is -0.936. The van der Waals surface area contributed by atoms with Crippen molar-refractivity contribution in [3.8, 4) is 0 Å². The first kappa shape index (κ1) is 15.8. The van der Waals surface area contributed by atoms with Gasteiger partial charge >= 0.3 is 5.97 Å². The van der Waals surface area contributed by atoms with E-state index in [4.69, 9.17) is 5.11 Å². The lowest BCUT2D eigenvalue weighted by atomic mass is 9.88. The molecule has 2 amide bonds. The molecule has 1 unspecified atom stereocenters. The first-order valence-corrected chi connectivity index (χ1v) is 7.29. The molecule has 1 heterocycles. The van der Waals surface area contributed by atoms with Crippen molar-refractivity contribution in [3.63, 3.8) is 0 Å². The molecule has 0 aromatic heterocycles. The molecule has 0 spiro atoms. The number of thioether (sulfide) groups is 1. The van der Waals surface area contributed by atoms with Crippen LogP contribution in [0.2, 0.25) is 0 Å². The molecule has 0 radical (unpaired) electrons. The van der Waals surface area contributed by atoms with Crippen LogP contribution in [-0.4, -0.2) is 52.5 Å². The Hall–Kier alpha value is -1.24. The topological polar surface area (TPSA) is 86.7 Å². The molecule has 1 rings (SSSR count). The summed E-state index contributed by atoms with van der Waals surface area (Å²) in [5, 5.41) is 11.7. The standard InChI is InChI=1S/C12H20N2O4S/c1-3-12(2,10(16)17)8-13-9(15)4-5-14-6-7-19-11(14)18/h3-8H2,1-2H3,(H,13,15)(H,16,17). The van der Waals surface area contributed by atoms with E-state index in [1.165, 1.54) is 11.8 Å². The Morgan fingerprint density at radius 3 is 2.68 bits per heavy atom. The molecule has 1 atom stereocenters. The van der Waals surface area contributed by atoms with Crippen LogP contribution in [-0.2, 0) is 9.59 Å². The molecule has 0 aromatic carbocycles. The van der Waals surface area contributed by atoms with E-state index in [2.05, 4.69) is 5.32 Å². The van der Waals surface area contributed by atoms with Crippen molar-refractivity contribution in [2.45, 2.75) is 26.7 Å². The minimum absolute atomic E-state index is 0.0109. The molecule has 108 valence electrons. The number of carboxylic acids is 1. The van der Waals surface area contributed by atoms with Gasteiger partial charge in [-0.1, -0.05) is 18.7 Å². The van der Waals surface area contributed by atoms with Crippen LogP contribution < -0.4 is 5.32 Å². The summed E-state index contributed by atoms with van der Waals surface area (Å²) in [7, 11) is 0. The number of nitrogens with zero attached hydrogens (tertiary/aromatic N) is 1. The highest BCUT2D eigenvalue weighted by atomic mass is 32.2. The fourth-order valence-electron chi connectivity index (χ4n) is 1.60. The second-order valence-corrected chi connectivity index (χ2v) is 5.89. The lowest BCUT2D eigenvalue weighted by Gasteiger charge is -2.23. The van der Waals surface area contributed by atoms with Gasteiger partial charge in [0.2, 0.25) is 5.91 Å². The van der Waals surface area contributed by atoms with E-state index in [1.807, 2.05) is 0 Å². The lowest BCUT2D eigenvalue weighted by Crippen LogP contribution is -2.41. The highest BCUT2D eigenvalue weighted by molar-refractivity contribution is 8.13. The highest BCUT2D eigenvalue weighted by Crippen LogP contribution is 2.20. The summed E-state index contributed by atoms with van der Waals surface area (Å²) in [6.45, 7) is 4.57. The smallest absolute Gasteiger partial charge is 0.311 e. The zero-order valence-corrected chi connectivity index (χ0v) is 12.1. The van der Waals surface area contributed by atoms with Crippen LogP contribution in [0.3, 0.4) is 0 Å². The maximum Gasteiger partial charge on any atom is 0.311 e. The fraction of sp³-hybridized carbons (Fsp3) is 0.750. The van der Waals surface area contributed by atoms with E-state index < -0.39 is 11.4 Å². The zero-order valence-electron chi connectivity index (χ0n) is 11.3. The Balaban J connectivity index is 2.31. The van der Waals surface area contributed by atoms with E-state index in [1.54, 1.807) is 18.7 Å². The Labute approximate surface area is 116 Å². The van der Waals surface area contributed by atoms with Crippen molar-refractivity contribution in [3.05, 3.63) is 0 Å². The van der Waals surface area contributed by atoms with Crippen molar-refractivity contribution in [2.24, 2.45) is 5.41 Å². The molecule has 0 saturated carbocycles. The van der Waals surface area contributed by atoms with Gasteiger partial charge in [-0.3, -0.25) is 14.4 Å². The minimum Gasteiger partial charge on any atom is -0.481 e. The predicted molar refractivity (Wildman–Crippen MR) is 73.1 cm³/mol. The fourth-order valence-corrected chi connectivity index (χ4v) is 2.45. The van der Waals surface area contributed by atoms with Gasteiger partial charge in [-0.25, -0.2) is 0 Å². The quantitative estimate of drug-likeness (QED) is 0.734. The summed E-state index contributed by atoms with van der Waals surface area (Å²) in [6.07, 6.45) is 0.662. The number of aliphatic carboxylic acids is 1. The van der Waals surface area contributed by atoms with Gasteiger partial charge in [0.1, 0.15) is 0 Å². The molecule has 1 aliphatic rings. The Morgan fingerprint density at radius 1 is 1.53 bits per heavy atom. The third-order valence-corrected chi connectivity index (χ3v) is 4.32. The van der Waals surface area contributed by atoms with E-state index in [0.717, 1.165) is 5.75 Å². The minimum atomic E-state index is -0.936. The van der Waals surface area contributed by atoms with Gasteiger partial charge in [-0.2, -0.15) is 0 Å². The zero-order chi connectivity index (χ0) is 14.5. The maximum absolute atomic E-state index is 11.6. The third-order valence-electron chi connectivity index (χ3n) is 3.43. The van der Waals surface area contributed by atoms with Gasteiger partial charge in [-0.05, 0) is 13.3 Å². The molecule has 6 nitrogen and oxygen atoms in total. The SMILES string of the molecule is CCC(C)(CNC(=O)CCN1CCSC1=O)C(=O)O. The number of amides is 2. The van der Waals surface area contributed by atoms with Crippen LogP contribution in [0.4, 0.5) is 4.79 Å². The van der Waals surface area contributed by atoms with E-state index >= 15 is 0 Å². The highest BCUT2D eigenvalue weighted by Gasteiger charge is 2.31. The molecule has 1 fully saturated rings. The number of carboxylic acid groups (broad SMARTS) is 1. The average molecular weight is 288 g/mol. The summed E-state index contributed by atoms with van der Waals surface area (Å²) in [6, 6.07) is 0. The third kappa shape index (κ3) is 4.41. The van der Waals surface area contributed by atoms with Crippen LogP contribution >= 0.6 is 11.8 Å². The predicted octanol–water partition coefficient (Wildman–Crippen LogP) is 1.16. The molecule has 0 aromatic rings. The summed E-state index contributed by atoms with van der Waals surface area (Å²) >= 11 is 1.26. The molecule has 0 bridgehead atoms. The first-order valence-electron chi connectivity index (χ1n) is 6.31. The number of hydrogen-bond acceptors (Lipinski definition) is 4. The Bertz CT molecular complexity index is 375. The van der Waals surface area contributed by atoms with Gasteiger partial charge in [0, 0.05) is 31.8 Å². The van der Waals surface area contributed by atoms with Crippen molar-refractivity contribution in [1.29, 1.82) is 0 Å². The van der Waals surface area contributed by atoms with Crippen LogP contribution in [0.1, 0.15) is 26.7 Å². The monoisotopic (exact) mass is 288 g/mol. The summed E-state index contributed by atoms with van der Waals surface area (Å²) in [5.74, 6) is -0.361. The summed E-state index contributed by atoms with van der Waals surface area (Å²) < 4.78 is 0. The summed E-state index contributed by atoms with van der Waals surface area (Å²) in [4.78, 5) is 35.7. The van der Waals surface area contributed by atoms with Crippen LogP contribution in [0.25, 0.3) is 0 Å². The lowest BCUT2D eigenvalue weighted by molar-refractivity contribution is -0.148. The maximum atomic E-state index is 11.6. The molecular formula is C12H20N2O4S. The van der Waals surface area contributed by atoms with Crippen LogP contribution in [0.15, 0.2) is 0 Å². The van der Waals surface area contributed by atoms with Crippen LogP contribution in [0, 0.1) is 5.41 Å². The van der Waals surface area contributed by atoms with Gasteiger partial charge in [-0.15, -0.1) is 0 Å². The second-order valence-electron chi connectivity index (χ2n) is 4.85. The molecule has 2 N–H and O–H groups in total. The van der Waals surface area contributed by atoms with Gasteiger partial charge < -0.3 is 15.3 Å². The van der Waals surface area contributed by atoms with Gasteiger partial charge in [0.15, 0.2) is 0 Å². The van der Waals surface area contributed by atoms with E-state index in [-0.39, 0.29) is 24.1 Å². The number of hydrogen-bond donors (Lipinski definition) is 2.